The summed E-state index contributed by atoms with van der Waals surface area (Å²) in [6.45, 7) is -0.193. The van der Waals surface area contributed by atoms with Crippen molar-refractivity contribution in [1.82, 2.24) is 20.5 Å². The third-order valence-corrected chi connectivity index (χ3v) is 7.16. The van der Waals surface area contributed by atoms with Gasteiger partial charge in [0.2, 0.25) is 5.91 Å². The number of thiazole rings is 1. The van der Waals surface area contributed by atoms with Gasteiger partial charge < -0.3 is 35.9 Å². The van der Waals surface area contributed by atoms with Crippen LogP contribution in [0.3, 0.4) is 0 Å². The summed E-state index contributed by atoms with van der Waals surface area (Å²) in [5.41, 5.74) is 4.35. The number of aliphatic carboxylic acids is 1. The Bertz CT molecular complexity index is 1010. The lowest BCUT2D eigenvalue weighted by atomic mass is 9.86. The zero-order chi connectivity index (χ0) is 24.2. The molecule has 2 aliphatic heterocycles. The standard InChI is InChI=1S/C18H22N6O7S2/c1-20-17(29)31-5-3-4-18(15(27)28)7-24-13(26)11(14(24)33-8-18)22-12(25)10(23-30-2)9-6-32-16(19)21-9/h3-4,6,11,14H,5,7-8H2,1-2H3,(H2,19,21)(H,20,29)(H,22,25)(H,27,28)/t11?,14-,18?/m1/s1. The molecule has 3 amide bonds. The molecule has 0 aliphatic carbocycles. The molecule has 1 aromatic rings. The Morgan fingerprint density at radius 1 is 1.48 bits per heavy atom. The number of carbonyl (C=O) groups is 4. The van der Waals surface area contributed by atoms with E-state index >= 15 is 0 Å². The molecule has 5 N–H and O–H groups in total. The minimum Gasteiger partial charge on any atom is -0.481 e. The lowest BCUT2D eigenvalue weighted by molar-refractivity contribution is -0.156. The Morgan fingerprint density at radius 3 is 2.85 bits per heavy atom. The van der Waals surface area contributed by atoms with Gasteiger partial charge in [-0.1, -0.05) is 11.2 Å². The summed E-state index contributed by atoms with van der Waals surface area (Å²) in [7, 11) is 2.68. The number of carboxylic acid groups (broad SMARTS) is 1. The number of alkyl carbamates (subject to hydrolysis) is 1. The lowest BCUT2D eigenvalue weighted by Gasteiger charge is -2.53. The zero-order valence-electron chi connectivity index (χ0n) is 17.6. The first-order chi connectivity index (χ1) is 15.7. The SMILES string of the molecule is CNC(=O)OCC=CC1(C(=O)O)CS[C@@H]2C(NC(=O)C(=NOC)c3csc(N)n3)C(=O)N2C1. The number of anilines is 1. The predicted octanol–water partition coefficient (Wildman–Crippen LogP) is -0.541. The second kappa shape index (κ2) is 10.1. The molecule has 33 heavy (non-hydrogen) atoms. The van der Waals surface area contributed by atoms with Crippen LogP contribution in [0.1, 0.15) is 5.69 Å². The number of nitrogens with two attached hydrogens (primary N) is 1. The average Bonchev–Trinajstić information content (AvgIpc) is 3.23. The van der Waals surface area contributed by atoms with E-state index in [4.69, 9.17) is 15.3 Å². The average molecular weight is 499 g/mol. The van der Waals surface area contributed by atoms with Crippen molar-refractivity contribution in [3.8, 4) is 0 Å². The molecule has 178 valence electrons. The summed E-state index contributed by atoms with van der Waals surface area (Å²) in [6.07, 6.45) is 2.22. The maximum absolute atomic E-state index is 12.7. The van der Waals surface area contributed by atoms with E-state index in [9.17, 15) is 24.3 Å². The van der Waals surface area contributed by atoms with Gasteiger partial charge in [-0.3, -0.25) is 14.4 Å². The van der Waals surface area contributed by atoms with Gasteiger partial charge in [0.15, 0.2) is 10.8 Å². The summed E-state index contributed by atoms with van der Waals surface area (Å²) in [5, 5.41) is 19.7. The van der Waals surface area contributed by atoms with Crippen molar-refractivity contribution in [1.29, 1.82) is 0 Å². The third kappa shape index (κ3) is 5.03. The van der Waals surface area contributed by atoms with Gasteiger partial charge in [-0.05, 0) is 6.08 Å². The maximum Gasteiger partial charge on any atom is 0.407 e. The quantitative estimate of drug-likeness (QED) is 0.157. The molecule has 3 rings (SSSR count). The van der Waals surface area contributed by atoms with Crippen LogP contribution < -0.4 is 16.4 Å². The number of nitrogens with one attached hydrogen (secondary N) is 2. The van der Waals surface area contributed by atoms with Gasteiger partial charge in [-0.15, -0.1) is 23.1 Å². The number of hydrogen-bond acceptors (Lipinski definition) is 11. The first kappa shape index (κ1) is 24.3. The molecular weight excluding hydrogens is 476 g/mol. The number of carboxylic acids is 1. The van der Waals surface area contributed by atoms with Gasteiger partial charge in [-0.25, -0.2) is 9.78 Å². The molecule has 2 saturated heterocycles. The highest BCUT2D eigenvalue weighted by Crippen LogP contribution is 2.43. The number of oxime groups is 1. The Kier molecular flexibility index (Phi) is 7.43. The van der Waals surface area contributed by atoms with Crippen LogP contribution in [0, 0.1) is 5.41 Å². The molecule has 3 heterocycles. The van der Waals surface area contributed by atoms with Gasteiger partial charge in [0, 0.05) is 24.7 Å². The van der Waals surface area contributed by atoms with Crippen molar-refractivity contribution in [2.24, 2.45) is 10.6 Å². The molecule has 0 aromatic carbocycles. The van der Waals surface area contributed by atoms with Crippen molar-refractivity contribution in [3.05, 3.63) is 23.2 Å². The number of hydrogen-bond donors (Lipinski definition) is 4. The van der Waals surface area contributed by atoms with E-state index in [1.165, 1.54) is 43.0 Å². The first-order valence-corrected chi connectivity index (χ1v) is 11.5. The monoisotopic (exact) mass is 498 g/mol. The van der Waals surface area contributed by atoms with Crippen LogP contribution in [0.2, 0.25) is 0 Å². The first-order valence-electron chi connectivity index (χ1n) is 9.53. The fourth-order valence-electron chi connectivity index (χ4n) is 3.27. The van der Waals surface area contributed by atoms with Crippen LogP contribution in [0.25, 0.3) is 0 Å². The molecular formula is C18H22N6O7S2. The van der Waals surface area contributed by atoms with E-state index in [-0.39, 0.29) is 35.4 Å². The second-order valence-corrected chi connectivity index (χ2v) is 9.02. The number of β-lactam (4-membered cyclic amide) rings is 1. The minimum atomic E-state index is -1.35. The van der Waals surface area contributed by atoms with Gasteiger partial charge in [0.1, 0.15) is 36.2 Å². The smallest absolute Gasteiger partial charge is 0.407 e. The Balaban J connectivity index is 1.66. The molecule has 2 fully saturated rings. The van der Waals surface area contributed by atoms with Crippen LogP contribution >= 0.6 is 23.1 Å². The summed E-state index contributed by atoms with van der Waals surface area (Å²) < 4.78 is 4.83. The molecule has 0 spiro atoms. The zero-order valence-corrected chi connectivity index (χ0v) is 19.3. The fourth-order valence-corrected chi connectivity index (χ4v) is 5.33. The third-order valence-electron chi connectivity index (χ3n) is 4.93. The molecule has 2 aliphatic rings. The number of carbonyl (C=O) groups excluding carboxylic acids is 3. The number of aromatic nitrogens is 1. The second-order valence-electron chi connectivity index (χ2n) is 7.02. The van der Waals surface area contributed by atoms with Crippen LogP contribution in [-0.2, 0) is 24.0 Å². The molecule has 0 bridgehead atoms. The lowest BCUT2D eigenvalue weighted by Crippen LogP contribution is -2.73. The highest BCUT2D eigenvalue weighted by atomic mass is 32.2. The Hall–Kier alpha value is -3.33. The van der Waals surface area contributed by atoms with Crippen molar-refractivity contribution in [3.63, 3.8) is 0 Å². The predicted molar refractivity (Wildman–Crippen MR) is 120 cm³/mol. The van der Waals surface area contributed by atoms with Crippen LogP contribution in [0.5, 0.6) is 0 Å². The van der Waals surface area contributed by atoms with E-state index in [1.54, 1.807) is 5.38 Å². The summed E-state index contributed by atoms with van der Waals surface area (Å²) in [5.74, 6) is -2.04. The molecule has 0 saturated carbocycles. The number of nitrogen functional groups attached to an aromatic ring is 1. The number of rotatable bonds is 8. The van der Waals surface area contributed by atoms with Gasteiger partial charge in [0.25, 0.3) is 5.91 Å². The molecule has 3 atom stereocenters. The Labute approximate surface area is 196 Å². The van der Waals surface area contributed by atoms with Crippen molar-refractivity contribution >= 4 is 57.8 Å². The van der Waals surface area contributed by atoms with E-state index in [1.807, 2.05) is 0 Å². The van der Waals surface area contributed by atoms with E-state index in [2.05, 4.69) is 20.8 Å². The summed E-state index contributed by atoms with van der Waals surface area (Å²) in [4.78, 5) is 58.7. The summed E-state index contributed by atoms with van der Waals surface area (Å²) >= 11 is 2.35. The number of amides is 3. The van der Waals surface area contributed by atoms with Crippen LogP contribution in [-0.4, -0.2) is 89.1 Å². The van der Waals surface area contributed by atoms with Crippen molar-refractivity contribution in [2.75, 3.05) is 38.8 Å². The minimum absolute atomic E-state index is 0.0800. The van der Waals surface area contributed by atoms with Crippen LogP contribution in [0.15, 0.2) is 22.7 Å². The van der Waals surface area contributed by atoms with Gasteiger partial charge >= 0.3 is 12.1 Å². The molecule has 15 heteroatoms. The normalized spacial score (nSPS) is 24.6. The van der Waals surface area contributed by atoms with Gasteiger partial charge in [0.05, 0.1) is 0 Å². The molecule has 13 nitrogen and oxygen atoms in total. The van der Waals surface area contributed by atoms with Crippen LogP contribution in [0.4, 0.5) is 9.93 Å². The van der Waals surface area contributed by atoms with Crippen molar-refractivity contribution in [2.45, 2.75) is 11.4 Å². The highest BCUT2D eigenvalue weighted by molar-refractivity contribution is 8.00. The molecule has 1 aromatic heterocycles. The number of thioether (sulfide) groups is 1. The number of ether oxygens (including phenoxy) is 1. The highest BCUT2D eigenvalue weighted by Gasteiger charge is 2.56. The molecule has 0 radical (unpaired) electrons. The Morgan fingerprint density at radius 2 is 2.24 bits per heavy atom. The van der Waals surface area contributed by atoms with Gasteiger partial charge in [-0.2, -0.15) is 0 Å². The van der Waals surface area contributed by atoms with E-state index < -0.39 is 40.7 Å². The maximum atomic E-state index is 12.7. The number of fused-ring (bicyclic) bond motifs is 1. The summed E-state index contributed by atoms with van der Waals surface area (Å²) in [6, 6.07) is -0.854. The topological polar surface area (TPSA) is 186 Å². The molecule has 2 unspecified atom stereocenters. The van der Waals surface area contributed by atoms with E-state index in [0.29, 0.717) is 0 Å². The largest absolute Gasteiger partial charge is 0.481 e. The van der Waals surface area contributed by atoms with Crippen molar-refractivity contribution < 1.29 is 33.9 Å². The fraction of sp³-hybridized carbons (Fsp3) is 0.444. The van der Waals surface area contributed by atoms with E-state index in [0.717, 1.165) is 11.3 Å². The number of nitrogens with zero attached hydrogens (tertiary/aromatic N) is 3.